The molecule has 0 saturated carbocycles. The molecule has 1 amide bonds. The highest BCUT2D eigenvalue weighted by molar-refractivity contribution is 5.88. The van der Waals surface area contributed by atoms with Crippen LogP contribution in [0.3, 0.4) is 0 Å². The van der Waals surface area contributed by atoms with Crippen LogP contribution in [0.25, 0.3) is 11.0 Å². The number of ether oxygens (including phenoxy) is 1. The first kappa shape index (κ1) is 18.7. The summed E-state index contributed by atoms with van der Waals surface area (Å²) in [5, 5.41) is 0.584. The lowest BCUT2D eigenvalue weighted by Gasteiger charge is -2.45. The van der Waals surface area contributed by atoms with E-state index in [1.54, 1.807) is 24.1 Å². The third-order valence-corrected chi connectivity index (χ3v) is 6.42. The Morgan fingerprint density at radius 2 is 1.96 bits per heavy atom. The lowest BCUT2D eigenvalue weighted by atomic mass is 9.77. The third-order valence-electron chi connectivity index (χ3n) is 6.42. The molecule has 2 aliphatic heterocycles. The SMILES string of the molecule is COC(=O)C1CC(=O)N(C)C12CCN(Cc1coc3ccccc3c1=O)CC2. The molecule has 2 aromatic rings. The minimum Gasteiger partial charge on any atom is -0.469 e. The highest BCUT2D eigenvalue weighted by Gasteiger charge is 2.55. The molecule has 1 aromatic carbocycles. The van der Waals surface area contributed by atoms with Gasteiger partial charge < -0.3 is 14.1 Å². The first-order valence-corrected chi connectivity index (χ1v) is 9.52. The molecule has 1 aromatic heterocycles. The van der Waals surface area contributed by atoms with Crippen molar-refractivity contribution in [3.63, 3.8) is 0 Å². The summed E-state index contributed by atoms with van der Waals surface area (Å²) in [7, 11) is 3.14. The van der Waals surface area contributed by atoms with E-state index >= 15 is 0 Å². The van der Waals surface area contributed by atoms with Crippen LogP contribution in [0, 0.1) is 5.92 Å². The first-order chi connectivity index (χ1) is 13.5. The number of benzene rings is 1. The molecule has 7 heteroatoms. The Kier molecular flexibility index (Phi) is 4.71. The number of amides is 1. The zero-order valence-corrected chi connectivity index (χ0v) is 16.1. The lowest BCUT2D eigenvalue weighted by molar-refractivity contribution is -0.149. The van der Waals surface area contributed by atoms with E-state index in [4.69, 9.17) is 9.15 Å². The summed E-state index contributed by atoms with van der Waals surface area (Å²) in [5.74, 6) is -0.761. The number of rotatable bonds is 3. The predicted molar refractivity (Wildman–Crippen MR) is 103 cm³/mol. The topological polar surface area (TPSA) is 80.1 Å². The van der Waals surface area contributed by atoms with Gasteiger partial charge in [0, 0.05) is 38.7 Å². The average Bonchev–Trinajstić information content (AvgIpc) is 2.96. The molecular weight excluding hydrogens is 360 g/mol. The minimum atomic E-state index is -0.491. The van der Waals surface area contributed by atoms with Crippen LogP contribution in [0.1, 0.15) is 24.8 Å². The van der Waals surface area contributed by atoms with Crippen LogP contribution in [0.4, 0.5) is 0 Å². The van der Waals surface area contributed by atoms with E-state index in [0.717, 1.165) is 0 Å². The normalized spacial score (nSPS) is 22.1. The molecule has 2 aliphatic rings. The number of methoxy groups -OCH3 is 1. The van der Waals surface area contributed by atoms with Crippen molar-refractivity contribution in [2.75, 3.05) is 27.2 Å². The van der Waals surface area contributed by atoms with Gasteiger partial charge in [-0.3, -0.25) is 19.3 Å². The quantitative estimate of drug-likeness (QED) is 0.751. The van der Waals surface area contributed by atoms with Crippen LogP contribution in [-0.2, 0) is 20.9 Å². The summed E-state index contributed by atoms with van der Waals surface area (Å²) in [4.78, 5) is 41.2. The Hall–Kier alpha value is -2.67. The number of hydrogen-bond donors (Lipinski definition) is 0. The Morgan fingerprint density at radius 1 is 1.25 bits per heavy atom. The maximum atomic E-state index is 12.7. The van der Waals surface area contributed by atoms with Crippen LogP contribution in [0.15, 0.2) is 39.7 Å². The van der Waals surface area contributed by atoms with Gasteiger partial charge in [-0.25, -0.2) is 0 Å². The number of esters is 1. The molecule has 3 heterocycles. The standard InChI is InChI=1S/C21H24N2O5/c1-22-18(24)11-16(20(26)27-2)21(22)7-9-23(10-8-21)12-14-13-28-17-6-4-3-5-15(17)19(14)25/h3-6,13,16H,7-12H2,1-2H3. The van der Waals surface area contributed by atoms with E-state index in [1.165, 1.54) is 13.4 Å². The molecule has 2 fully saturated rings. The molecule has 148 valence electrons. The van der Waals surface area contributed by atoms with Gasteiger partial charge in [0.05, 0.1) is 30.2 Å². The van der Waals surface area contributed by atoms with Crippen molar-refractivity contribution in [1.82, 2.24) is 9.80 Å². The van der Waals surface area contributed by atoms with Crippen molar-refractivity contribution in [2.45, 2.75) is 31.3 Å². The van der Waals surface area contributed by atoms with Crippen molar-refractivity contribution >= 4 is 22.8 Å². The number of fused-ring (bicyclic) bond motifs is 1. The van der Waals surface area contributed by atoms with Gasteiger partial charge in [-0.15, -0.1) is 0 Å². The predicted octanol–water partition coefficient (Wildman–Crippen LogP) is 1.78. The largest absolute Gasteiger partial charge is 0.469 e. The number of hydrogen-bond acceptors (Lipinski definition) is 6. The third kappa shape index (κ3) is 2.90. The van der Waals surface area contributed by atoms with Gasteiger partial charge in [0.15, 0.2) is 5.43 Å². The van der Waals surface area contributed by atoms with Gasteiger partial charge in [0.2, 0.25) is 5.91 Å². The fourth-order valence-corrected chi connectivity index (χ4v) is 4.68. The molecule has 2 saturated heterocycles. The molecule has 1 spiro atoms. The van der Waals surface area contributed by atoms with Gasteiger partial charge in [-0.1, -0.05) is 12.1 Å². The number of likely N-dealkylation sites (tertiary alicyclic amines) is 2. The second-order valence-corrected chi connectivity index (χ2v) is 7.70. The summed E-state index contributed by atoms with van der Waals surface area (Å²) in [5.41, 5.74) is 0.702. The van der Waals surface area contributed by atoms with E-state index in [1.807, 2.05) is 12.1 Å². The summed E-state index contributed by atoms with van der Waals surface area (Å²) in [6, 6.07) is 7.22. The Balaban J connectivity index is 1.51. The maximum Gasteiger partial charge on any atom is 0.311 e. The fourth-order valence-electron chi connectivity index (χ4n) is 4.68. The average molecular weight is 384 g/mol. The highest BCUT2D eigenvalue weighted by atomic mass is 16.5. The smallest absolute Gasteiger partial charge is 0.311 e. The Bertz CT molecular complexity index is 974. The van der Waals surface area contributed by atoms with E-state index in [9.17, 15) is 14.4 Å². The Morgan fingerprint density at radius 3 is 2.68 bits per heavy atom. The lowest BCUT2D eigenvalue weighted by Crippen LogP contribution is -2.56. The molecule has 7 nitrogen and oxygen atoms in total. The van der Waals surface area contributed by atoms with Crippen molar-refractivity contribution in [2.24, 2.45) is 5.92 Å². The van der Waals surface area contributed by atoms with Crippen LogP contribution in [0.2, 0.25) is 0 Å². The van der Waals surface area contributed by atoms with E-state index < -0.39 is 11.5 Å². The van der Waals surface area contributed by atoms with Crippen LogP contribution in [-0.4, -0.2) is 54.5 Å². The molecular formula is C21H24N2O5. The minimum absolute atomic E-state index is 0.0114. The zero-order chi connectivity index (χ0) is 19.9. The van der Waals surface area contributed by atoms with Crippen molar-refractivity contribution in [1.29, 1.82) is 0 Å². The second-order valence-electron chi connectivity index (χ2n) is 7.70. The van der Waals surface area contributed by atoms with E-state index in [0.29, 0.717) is 49.0 Å². The Labute approximate surface area is 162 Å². The number of piperidine rings is 1. The second kappa shape index (κ2) is 7.05. The van der Waals surface area contributed by atoms with Crippen molar-refractivity contribution < 1.29 is 18.7 Å². The summed E-state index contributed by atoms with van der Waals surface area (Å²) in [6.45, 7) is 1.87. The molecule has 4 rings (SSSR count). The van der Waals surface area contributed by atoms with E-state index in [2.05, 4.69) is 4.90 Å². The highest BCUT2D eigenvalue weighted by Crippen LogP contribution is 2.43. The molecule has 1 unspecified atom stereocenters. The van der Waals surface area contributed by atoms with Gasteiger partial charge in [-0.05, 0) is 25.0 Å². The molecule has 0 N–H and O–H groups in total. The first-order valence-electron chi connectivity index (χ1n) is 9.52. The van der Waals surface area contributed by atoms with Crippen LogP contribution < -0.4 is 5.43 Å². The molecule has 0 bridgehead atoms. The van der Waals surface area contributed by atoms with Gasteiger partial charge in [0.25, 0.3) is 0 Å². The summed E-state index contributed by atoms with van der Waals surface area (Å²) in [6.07, 6.45) is 3.09. The van der Waals surface area contributed by atoms with E-state index in [-0.39, 0.29) is 23.7 Å². The number of carbonyl (C=O) groups is 2. The molecule has 28 heavy (non-hydrogen) atoms. The summed E-state index contributed by atoms with van der Waals surface area (Å²) < 4.78 is 10.6. The van der Waals surface area contributed by atoms with Crippen LogP contribution in [0.5, 0.6) is 0 Å². The number of nitrogens with zero attached hydrogens (tertiary/aromatic N) is 2. The molecule has 0 aliphatic carbocycles. The van der Waals surface area contributed by atoms with Gasteiger partial charge in [-0.2, -0.15) is 0 Å². The monoisotopic (exact) mass is 384 g/mol. The number of para-hydroxylation sites is 1. The van der Waals surface area contributed by atoms with Crippen LogP contribution >= 0.6 is 0 Å². The van der Waals surface area contributed by atoms with Crippen molar-refractivity contribution in [3.8, 4) is 0 Å². The molecule has 0 radical (unpaired) electrons. The zero-order valence-electron chi connectivity index (χ0n) is 16.1. The molecule has 1 atom stereocenters. The van der Waals surface area contributed by atoms with Gasteiger partial charge >= 0.3 is 5.97 Å². The van der Waals surface area contributed by atoms with Gasteiger partial charge in [0.1, 0.15) is 5.58 Å². The summed E-state index contributed by atoms with van der Waals surface area (Å²) >= 11 is 0. The van der Waals surface area contributed by atoms with Crippen molar-refractivity contribution in [3.05, 3.63) is 46.3 Å². The maximum absolute atomic E-state index is 12.7. The number of carbonyl (C=O) groups excluding carboxylic acids is 2. The fraction of sp³-hybridized carbons (Fsp3) is 0.476.